The molecule has 1 heterocycles. The van der Waals surface area contributed by atoms with Crippen LogP contribution in [0.5, 0.6) is 0 Å². The van der Waals surface area contributed by atoms with Gasteiger partial charge in [-0.2, -0.15) is 0 Å². The van der Waals surface area contributed by atoms with Gasteiger partial charge in [-0.05, 0) is 30.3 Å². The molecule has 1 aromatic carbocycles. The first-order valence-electron chi connectivity index (χ1n) is 6.53. The highest BCUT2D eigenvalue weighted by atomic mass is 35.5. The minimum atomic E-state index is -3.59. The van der Waals surface area contributed by atoms with E-state index in [1.165, 1.54) is 24.5 Å². The summed E-state index contributed by atoms with van der Waals surface area (Å²) in [6.07, 6.45) is 2.43. The van der Waals surface area contributed by atoms with E-state index in [1.54, 1.807) is 12.1 Å². The van der Waals surface area contributed by atoms with Crippen molar-refractivity contribution in [3.05, 3.63) is 52.4 Å². The fourth-order valence-corrected chi connectivity index (χ4v) is 3.28. The molecule has 0 radical (unpaired) electrons. The number of anilines is 1. The highest BCUT2D eigenvalue weighted by Crippen LogP contribution is 2.30. The first-order chi connectivity index (χ1) is 10.8. The van der Waals surface area contributed by atoms with Crippen molar-refractivity contribution in [2.24, 2.45) is 0 Å². The fourth-order valence-electron chi connectivity index (χ4n) is 1.91. The van der Waals surface area contributed by atoms with Gasteiger partial charge in [-0.25, -0.2) is 8.42 Å². The van der Waals surface area contributed by atoms with E-state index >= 15 is 0 Å². The molecule has 0 aliphatic rings. The third-order valence-corrected chi connectivity index (χ3v) is 4.66. The molecule has 0 saturated carbocycles. The molecule has 2 aromatic rings. The Morgan fingerprint density at radius 1 is 1.30 bits per heavy atom. The molecule has 0 fully saturated rings. The van der Waals surface area contributed by atoms with Gasteiger partial charge in [-0.1, -0.05) is 23.2 Å². The zero-order valence-corrected chi connectivity index (χ0v) is 14.5. The lowest BCUT2D eigenvalue weighted by atomic mass is 10.3. The first-order valence-corrected chi connectivity index (χ1v) is 9.14. The van der Waals surface area contributed by atoms with Gasteiger partial charge in [0.25, 0.3) is 5.91 Å². The number of sulfonamides is 1. The van der Waals surface area contributed by atoms with Crippen molar-refractivity contribution in [2.45, 2.75) is 0 Å². The number of carbonyl (C=O) groups excluding carboxylic acids is 1. The average Bonchev–Trinajstić information content (AvgIpc) is 2.99. The van der Waals surface area contributed by atoms with Crippen molar-refractivity contribution < 1.29 is 17.6 Å². The Hall–Kier alpha value is -1.70. The van der Waals surface area contributed by atoms with Crippen molar-refractivity contribution in [3.8, 4) is 0 Å². The van der Waals surface area contributed by atoms with E-state index in [4.69, 9.17) is 27.6 Å². The van der Waals surface area contributed by atoms with Crippen LogP contribution in [0.2, 0.25) is 10.0 Å². The Labute approximate surface area is 144 Å². The fraction of sp³-hybridized carbons (Fsp3) is 0.214. The van der Waals surface area contributed by atoms with Gasteiger partial charge in [0, 0.05) is 11.6 Å². The highest BCUT2D eigenvalue weighted by molar-refractivity contribution is 7.92. The molecule has 6 nitrogen and oxygen atoms in total. The Morgan fingerprint density at radius 3 is 2.65 bits per heavy atom. The van der Waals surface area contributed by atoms with Crippen LogP contribution in [0.15, 0.2) is 41.0 Å². The summed E-state index contributed by atoms with van der Waals surface area (Å²) >= 11 is 12.0. The van der Waals surface area contributed by atoms with Crippen LogP contribution >= 0.6 is 23.2 Å². The maximum Gasteiger partial charge on any atom is 0.287 e. The smallest absolute Gasteiger partial charge is 0.287 e. The quantitative estimate of drug-likeness (QED) is 0.840. The van der Waals surface area contributed by atoms with Crippen molar-refractivity contribution in [1.82, 2.24) is 5.32 Å². The minimum absolute atomic E-state index is 0.00530. The molecule has 9 heteroatoms. The van der Waals surface area contributed by atoms with Crippen molar-refractivity contribution in [3.63, 3.8) is 0 Å². The Balaban J connectivity index is 2.11. The molecule has 0 unspecified atom stereocenters. The molecule has 0 aliphatic heterocycles. The minimum Gasteiger partial charge on any atom is -0.459 e. The van der Waals surface area contributed by atoms with Gasteiger partial charge in [-0.3, -0.25) is 9.10 Å². The van der Waals surface area contributed by atoms with E-state index in [0.29, 0.717) is 5.02 Å². The van der Waals surface area contributed by atoms with Gasteiger partial charge < -0.3 is 9.73 Å². The zero-order valence-electron chi connectivity index (χ0n) is 12.1. The van der Waals surface area contributed by atoms with Gasteiger partial charge in [0.1, 0.15) is 0 Å². The Kier molecular flexibility index (Phi) is 5.56. The van der Waals surface area contributed by atoms with Crippen molar-refractivity contribution in [1.29, 1.82) is 0 Å². The molecule has 1 aromatic heterocycles. The maximum atomic E-state index is 12.0. The summed E-state index contributed by atoms with van der Waals surface area (Å²) in [5, 5.41) is 3.18. The molecule has 0 atom stereocenters. The summed E-state index contributed by atoms with van der Waals surface area (Å²) in [5.74, 6) is -0.280. The number of furan rings is 1. The van der Waals surface area contributed by atoms with E-state index in [-0.39, 0.29) is 29.6 Å². The lowest BCUT2D eigenvalue weighted by Gasteiger charge is -2.23. The van der Waals surface area contributed by atoms with Crippen LogP contribution in [0, 0.1) is 0 Å². The third-order valence-electron chi connectivity index (χ3n) is 2.92. The van der Waals surface area contributed by atoms with E-state index in [0.717, 1.165) is 10.6 Å². The maximum absolute atomic E-state index is 12.0. The third kappa shape index (κ3) is 4.63. The molecule has 0 spiro atoms. The van der Waals surface area contributed by atoms with Crippen LogP contribution in [0.4, 0.5) is 5.69 Å². The molecule has 0 aliphatic carbocycles. The number of benzene rings is 1. The van der Waals surface area contributed by atoms with E-state index < -0.39 is 15.9 Å². The number of amides is 1. The van der Waals surface area contributed by atoms with Crippen LogP contribution < -0.4 is 9.62 Å². The van der Waals surface area contributed by atoms with Gasteiger partial charge >= 0.3 is 0 Å². The predicted molar refractivity (Wildman–Crippen MR) is 89.7 cm³/mol. The molecule has 23 heavy (non-hydrogen) atoms. The number of nitrogens with one attached hydrogen (secondary N) is 1. The molecule has 1 N–H and O–H groups in total. The normalized spacial score (nSPS) is 11.3. The molecular weight excluding hydrogens is 363 g/mol. The average molecular weight is 377 g/mol. The molecule has 1 amide bonds. The molecule has 0 saturated heterocycles. The second-order valence-corrected chi connectivity index (χ2v) is 7.41. The van der Waals surface area contributed by atoms with E-state index in [2.05, 4.69) is 5.32 Å². The lowest BCUT2D eigenvalue weighted by Crippen LogP contribution is -2.38. The summed E-state index contributed by atoms with van der Waals surface area (Å²) in [6.45, 7) is 0.0841. The second-order valence-electron chi connectivity index (χ2n) is 4.66. The topological polar surface area (TPSA) is 79.6 Å². The number of rotatable bonds is 6. The summed E-state index contributed by atoms with van der Waals surface area (Å²) in [7, 11) is -3.59. The largest absolute Gasteiger partial charge is 0.459 e. The number of nitrogens with zero attached hydrogens (tertiary/aromatic N) is 1. The zero-order chi connectivity index (χ0) is 17.0. The first kappa shape index (κ1) is 17.7. The summed E-state index contributed by atoms with van der Waals surface area (Å²) in [6, 6.07) is 7.63. The molecule has 2 rings (SSSR count). The van der Waals surface area contributed by atoms with Gasteiger partial charge in [0.2, 0.25) is 10.0 Å². The molecule has 124 valence electrons. The Morgan fingerprint density at radius 2 is 2.04 bits per heavy atom. The second kappa shape index (κ2) is 7.25. The summed E-state index contributed by atoms with van der Waals surface area (Å²) in [4.78, 5) is 11.8. The van der Waals surface area contributed by atoms with Crippen molar-refractivity contribution >= 4 is 44.8 Å². The number of carbonyl (C=O) groups is 1. The van der Waals surface area contributed by atoms with Crippen LogP contribution in [0.1, 0.15) is 10.6 Å². The van der Waals surface area contributed by atoms with Crippen LogP contribution in [-0.2, 0) is 10.0 Å². The van der Waals surface area contributed by atoms with Gasteiger partial charge in [0.15, 0.2) is 5.76 Å². The van der Waals surface area contributed by atoms with E-state index in [9.17, 15) is 13.2 Å². The van der Waals surface area contributed by atoms with Gasteiger partial charge in [0.05, 0.1) is 29.8 Å². The summed E-state index contributed by atoms with van der Waals surface area (Å²) < 4.78 is 30.0. The monoisotopic (exact) mass is 376 g/mol. The van der Waals surface area contributed by atoms with E-state index in [1.807, 2.05) is 0 Å². The van der Waals surface area contributed by atoms with Crippen LogP contribution in [0.3, 0.4) is 0 Å². The molecular formula is C14H14Cl2N2O4S. The number of hydrogen-bond acceptors (Lipinski definition) is 4. The number of halogens is 2. The summed E-state index contributed by atoms with van der Waals surface area (Å²) in [5.41, 5.74) is 0.258. The SMILES string of the molecule is CS(=O)(=O)N(CCNC(=O)c1ccco1)c1cc(Cl)ccc1Cl. The molecule has 0 bridgehead atoms. The van der Waals surface area contributed by atoms with Crippen molar-refractivity contribution in [2.75, 3.05) is 23.7 Å². The van der Waals surface area contributed by atoms with Crippen LogP contribution in [0.25, 0.3) is 0 Å². The number of hydrogen-bond donors (Lipinski definition) is 1. The highest BCUT2D eigenvalue weighted by Gasteiger charge is 2.20. The lowest BCUT2D eigenvalue weighted by molar-refractivity contribution is 0.0927. The standard InChI is InChI=1S/C14H14Cl2N2O4S/c1-23(20,21)18(12-9-10(15)4-5-11(12)16)7-6-17-14(19)13-3-2-8-22-13/h2-5,8-9H,6-7H2,1H3,(H,17,19). The van der Waals surface area contributed by atoms with Gasteiger partial charge in [-0.15, -0.1) is 0 Å². The van der Waals surface area contributed by atoms with Crippen LogP contribution in [-0.4, -0.2) is 33.7 Å². The Bertz CT molecular complexity index is 791. The predicted octanol–water partition coefficient (Wildman–Crippen LogP) is 2.78.